The maximum Gasteiger partial charge on any atom is 0.301 e. The molecule has 0 fully saturated rings. The number of phenols is 1. The van der Waals surface area contributed by atoms with Crippen molar-refractivity contribution in [2.45, 2.75) is 26.8 Å². The van der Waals surface area contributed by atoms with Crippen molar-refractivity contribution in [3.63, 3.8) is 0 Å². The summed E-state index contributed by atoms with van der Waals surface area (Å²) in [4.78, 5) is 0. The number of benzene rings is 1. The highest BCUT2D eigenvalue weighted by molar-refractivity contribution is 7.90. The summed E-state index contributed by atoms with van der Waals surface area (Å²) in [6.07, 6.45) is 0. The molecule has 0 radical (unpaired) electrons. The van der Waals surface area contributed by atoms with Crippen LogP contribution < -0.4 is 4.72 Å². The Balaban J connectivity index is 2.98. The first-order valence-electron chi connectivity index (χ1n) is 5.29. The van der Waals surface area contributed by atoms with Crippen LogP contribution in [0.5, 0.6) is 5.75 Å². The molecule has 6 heteroatoms. The Bertz CT molecular complexity index is 497. The summed E-state index contributed by atoms with van der Waals surface area (Å²) in [5.41, 5.74) is 1.05. The van der Waals surface area contributed by atoms with Crippen molar-refractivity contribution in [3.8, 4) is 5.75 Å². The van der Waals surface area contributed by atoms with Crippen molar-refractivity contribution in [2.75, 3.05) is 11.8 Å². The third-order valence-corrected chi connectivity index (χ3v) is 4.16. The van der Waals surface area contributed by atoms with Gasteiger partial charge in [0.15, 0.2) is 0 Å². The number of aromatic hydroxyl groups is 1. The molecule has 1 rings (SSSR count). The lowest BCUT2D eigenvalue weighted by molar-refractivity contribution is 0.413. The number of rotatable bonds is 4. The van der Waals surface area contributed by atoms with E-state index >= 15 is 0 Å². The molecule has 0 saturated carbocycles. The van der Waals surface area contributed by atoms with Gasteiger partial charge in [-0.15, -0.1) is 0 Å². The number of phenolic OH excluding ortho intramolecular Hbond substituents is 1. The van der Waals surface area contributed by atoms with Gasteiger partial charge >= 0.3 is 10.2 Å². The summed E-state index contributed by atoms with van der Waals surface area (Å²) >= 11 is 0. The fourth-order valence-electron chi connectivity index (χ4n) is 1.22. The molecule has 0 aliphatic rings. The zero-order valence-corrected chi connectivity index (χ0v) is 11.2. The topological polar surface area (TPSA) is 69.6 Å². The van der Waals surface area contributed by atoms with E-state index in [1.165, 1.54) is 23.5 Å². The highest BCUT2D eigenvalue weighted by Gasteiger charge is 2.21. The molecule has 5 nitrogen and oxygen atoms in total. The number of nitrogens with one attached hydrogen (secondary N) is 1. The van der Waals surface area contributed by atoms with Gasteiger partial charge in [0.25, 0.3) is 0 Å². The van der Waals surface area contributed by atoms with Gasteiger partial charge in [-0.25, -0.2) is 0 Å². The fourth-order valence-corrected chi connectivity index (χ4v) is 2.37. The fraction of sp³-hybridized carbons (Fsp3) is 0.455. The summed E-state index contributed by atoms with van der Waals surface area (Å²) in [6, 6.07) is 4.62. The van der Waals surface area contributed by atoms with E-state index in [1.54, 1.807) is 19.9 Å². The summed E-state index contributed by atoms with van der Waals surface area (Å²) in [5, 5.41) is 9.63. The van der Waals surface area contributed by atoms with Crippen molar-refractivity contribution in [3.05, 3.63) is 23.8 Å². The van der Waals surface area contributed by atoms with E-state index in [9.17, 15) is 13.5 Å². The molecule has 0 atom stereocenters. The van der Waals surface area contributed by atoms with Crippen LogP contribution in [0.1, 0.15) is 19.4 Å². The van der Waals surface area contributed by atoms with E-state index in [0.29, 0.717) is 0 Å². The molecular weight excluding hydrogens is 240 g/mol. The highest BCUT2D eigenvalue weighted by Crippen LogP contribution is 2.25. The lowest BCUT2D eigenvalue weighted by Crippen LogP contribution is -2.37. The van der Waals surface area contributed by atoms with Crippen LogP contribution in [0.4, 0.5) is 5.69 Å². The minimum Gasteiger partial charge on any atom is -0.506 e. The van der Waals surface area contributed by atoms with Gasteiger partial charge in [0.2, 0.25) is 0 Å². The third-order valence-electron chi connectivity index (χ3n) is 2.50. The lowest BCUT2D eigenvalue weighted by atomic mass is 10.2. The monoisotopic (exact) mass is 258 g/mol. The second kappa shape index (κ2) is 4.93. The van der Waals surface area contributed by atoms with Crippen LogP contribution in [-0.4, -0.2) is 30.9 Å². The second-order valence-corrected chi connectivity index (χ2v) is 5.97. The smallest absolute Gasteiger partial charge is 0.301 e. The maximum absolute atomic E-state index is 11.9. The van der Waals surface area contributed by atoms with Crippen LogP contribution in [0.15, 0.2) is 18.2 Å². The Morgan fingerprint density at radius 3 is 2.41 bits per heavy atom. The standard InChI is InChI=1S/C11H18N2O3S/c1-8(2)13(4)17(15,16)12-10-6-5-9(3)7-11(10)14/h5-8,12,14H,1-4H3. The normalized spacial score (nSPS) is 12.1. The van der Waals surface area contributed by atoms with E-state index in [-0.39, 0.29) is 17.5 Å². The second-order valence-electron chi connectivity index (χ2n) is 4.24. The van der Waals surface area contributed by atoms with Crippen LogP contribution in [0.25, 0.3) is 0 Å². The quantitative estimate of drug-likeness (QED) is 0.808. The molecule has 96 valence electrons. The molecule has 0 aliphatic carbocycles. The average Bonchev–Trinajstić information content (AvgIpc) is 2.21. The first-order chi connectivity index (χ1) is 7.74. The van der Waals surface area contributed by atoms with Crippen LogP contribution in [0.2, 0.25) is 0 Å². The third kappa shape index (κ3) is 3.34. The number of aryl methyl sites for hydroxylation is 1. The van der Waals surface area contributed by atoms with E-state index in [2.05, 4.69) is 4.72 Å². The predicted molar refractivity (Wildman–Crippen MR) is 68.3 cm³/mol. The molecule has 0 spiro atoms. The van der Waals surface area contributed by atoms with Crippen molar-refractivity contribution in [1.82, 2.24) is 4.31 Å². The summed E-state index contributed by atoms with van der Waals surface area (Å²) in [6.45, 7) is 5.36. The summed E-state index contributed by atoms with van der Waals surface area (Å²) < 4.78 is 27.3. The molecule has 0 unspecified atom stereocenters. The van der Waals surface area contributed by atoms with Crippen molar-refractivity contribution >= 4 is 15.9 Å². The molecule has 17 heavy (non-hydrogen) atoms. The number of hydrogen-bond acceptors (Lipinski definition) is 3. The van der Waals surface area contributed by atoms with Gasteiger partial charge in [0.1, 0.15) is 5.75 Å². The Labute approximate surface area is 102 Å². The molecule has 1 aromatic carbocycles. The number of anilines is 1. The van der Waals surface area contributed by atoms with Gasteiger partial charge in [0, 0.05) is 13.1 Å². The number of hydrogen-bond donors (Lipinski definition) is 2. The van der Waals surface area contributed by atoms with Crippen LogP contribution >= 0.6 is 0 Å². The molecule has 0 heterocycles. The van der Waals surface area contributed by atoms with Crippen molar-refractivity contribution in [1.29, 1.82) is 0 Å². The van der Waals surface area contributed by atoms with Gasteiger partial charge in [-0.05, 0) is 38.5 Å². The highest BCUT2D eigenvalue weighted by atomic mass is 32.2. The first-order valence-corrected chi connectivity index (χ1v) is 6.73. The van der Waals surface area contributed by atoms with Crippen LogP contribution in [0, 0.1) is 6.92 Å². The Morgan fingerprint density at radius 1 is 1.35 bits per heavy atom. The van der Waals surface area contributed by atoms with E-state index in [4.69, 9.17) is 0 Å². The van der Waals surface area contributed by atoms with Crippen molar-refractivity contribution < 1.29 is 13.5 Å². The summed E-state index contributed by atoms with van der Waals surface area (Å²) in [7, 11) is -2.14. The first kappa shape index (κ1) is 13.8. The van der Waals surface area contributed by atoms with Gasteiger partial charge in [-0.1, -0.05) is 6.07 Å². The Kier molecular flexibility index (Phi) is 4.00. The van der Waals surface area contributed by atoms with E-state index in [0.717, 1.165) is 5.56 Å². The minimum absolute atomic E-state index is 0.0780. The molecule has 0 aliphatic heterocycles. The average molecular weight is 258 g/mol. The van der Waals surface area contributed by atoms with Gasteiger partial charge in [0.05, 0.1) is 5.69 Å². The van der Waals surface area contributed by atoms with Gasteiger partial charge in [-0.2, -0.15) is 12.7 Å². The minimum atomic E-state index is -3.62. The van der Waals surface area contributed by atoms with Crippen molar-refractivity contribution in [2.24, 2.45) is 0 Å². The molecule has 0 amide bonds. The van der Waals surface area contributed by atoms with Gasteiger partial charge < -0.3 is 5.11 Å². The molecule has 2 N–H and O–H groups in total. The zero-order chi connectivity index (χ0) is 13.2. The predicted octanol–water partition coefficient (Wildman–Crippen LogP) is 1.70. The zero-order valence-electron chi connectivity index (χ0n) is 10.4. The maximum atomic E-state index is 11.9. The Morgan fingerprint density at radius 2 is 1.94 bits per heavy atom. The Hall–Kier alpha value is -1.27. The largest absolute Gasteiger partial charge is 0.506 e. The van der Waals surface area contributed by atoms with E-state index < -0.39 is 10.2 Å². The SMILES string of the molecule is Cc1ccc(NS(=O)(=O)N(C)C(C)C)c(O)c1. The lowest BCUT2D eigenvalue weighted by Gasteiger charge is -2.22. The van der Waals surface area contributed by atoms with E-state index in [1.807, 2.05) is 6.92 Å². The summed E-state index contributed by atoms with van der Waals surface area (Å²) in [5.74, 6) is -0.0780. The van der Waals surface area contributed by atoms with Gasteiger partial charge in [-0.3, -0.25) is 4.72 Å². The molecule has 0 saturated heterocycles. The molecular formula is C11H18N2O3S. The molecule has 0 bridgehead atoms. The molecule has 0 aromatic heterocycles. The van der Waals surface area contributed by atoms with Crippen LogP contribution in [-0.2, 0) is 10.2 Å². The molecule has 1 aromatic rings. The number of nitrogens with zero attached hydrogens (tertiary/aromatic N) is 1. The van der Waals surface area contributed by atoms with Crippen LogP contribution in [0.3, 0.4) is 0 Å².